The predicted molar refractivity (Wildman–Crippen MR) is 58.7 cm³/mol. The lowest BCUT2D eigenvalue weighted by molar-refractivity contribution is 0.0691. The molecule has 0 radical (unpaired) electrons. The topological polar surface area (TPSA) is 58.4 Å². The lowest BCUT2D eigenvalue weighted by atomic mass is 10.0. The third-order valence-corrected chi connectivity index (χ3v) is 3.54. The summed E-state index contributed by atoms with van der Waals surface area (Å²) in [5, 5.41) is 8.91. The zero-order valence-corrected chi connectivity index (χ0v) is 9.26. The molecule has 1 aromatic rings. The summed E-state index contributed by atoms with van der Waals surface area (Å²) < 4.78 is 1.98. The van der Waals surface area contributed by atoms with Gasteiger partial charge in [-0.3, -0.25) is 0 Å². The molecule has 0 amide bonds. The standard InChI is InChI=1S/C11H15N3O2/c1-13-4-8(7-2-3-7)5-14-6-9(10(15)16)12-11(13)14/h6-8H,2-5H2,1H3,(H,15,16). The van der Waals surface area contributed by atoms with Crippen LogP contribution in [0.15, 0.2) is 6.20 Å². The number of nitrogens with zero attached hydrogens (tertiary/aromatic N) is 3. The summed E-state index contributed by atoms with van der Waals surface area (Å²) in [5.74, 6) is 1.34. The van der Waals surface area contributed by atoms with E-state index < -0.39 is 5.97 Å². The van der Waals surface area contributed by atoms with Crippen LogP contribution in [-0.2, 0) is 6.54 Å². The lowest BCUT2D eigenvalue weighted by Crippen LogP contribution is -2.36. The SMILES string of the molecule is CN1CC(C2CC2)Cn2cc(C(=O)O)nc21. The number of aromatic carboxylic acids is 1. The minimum absolute atomic E-state index is 0.151. The summed E-state index contributed by atoms with van der Waals surface area (Å²) in [6.07, 6.45) is 4.31. The molecule has 1 aliphatic heterocycles. The van der Waals surface area contributed by atoms with Crippen molar-refractivity contribution in [1.29, 1.82) is 0 Å². The second-order valence-electron chi connectivity index (χ2n) is 4.86. The first-order valence-electron chi connectivity index (χ1n) is 5.67. The zero-order valence-electron chi connectivity index (χ0n) is 9.26. The molecule has 0 saturated heterocycles. The van der Waals surface area contributed by atoms with Crippen molar-refractivity contribution in [1.82, 2.24) is 9.55 Å². The van der Waals surface area contributed by atoms with Gasteiger partial charge in [0.15, 0.2) is 5.69 Å². The van der Waals surface area contributed by atoms with E-state index in [9.17, 15) is 4.79 Å². The van der Waals surface area contributed by atoms with Crippen molar-refractivity contribution in [3.8, 4) is 0 Å². The zero-order chi connectivity index (χ0) is 11.3. The van der Waals surface area contributed by atoms with Crippen molar-refractivity contribution in [2.24, 2.45) is 11.8 Å². The van der Waals surface area contributed by atoms with E-state index in [1.807, 2.05) is 11.6 Å². The number of fused-ring (bicyclic) bond motifs is 1. The van der Waals surface area contributed by atoms with Crippen LogP contribution in [0.2, 0.25) is 0 Å². The van der Waals surface area contributed by atoms with Gasteiger partial charge in [0.1, 0.15) is 0 Å². The average Bonchev–Trinajstić information content (AvgIpc) is 2.97. The highest BCUT2D eigenvalue weighted by atomic mass is 16.4. The summed E-state index contributed by atoms with van der Waals surface area (Å²) in [7, 11) is 1.99. The third-order valence-electron chi connectivity index (χ3n) is 3.54. The third kappa shape index (κ3) is 1.47. The molecule has 0 aromatic carbocycles. The molecular formula is C11H15N3O2. The summed E-state index contributed by atoms with van der Waals surface area (Å²) in [6.45, 7) is 1.92. The molecular weight excluding hydrogens is 206 g/mol. The molecule has 1 aliphatic carbocycles. The Morgan fingerprint density at radius 2 is 2.19 bits per heavy atom. The maximum absolute atomic E-state index is 10.9. The van der Waals surface area contributed by atoms with Gasteiger partial charge in [0.25, 0.3) is 0 Å². The van der Waals surface area contributed by atoms with Gasteiger partial charge in [-0.15, -0.1) is 0 Å². The quantitative estimate of drug-likeness (QED) is 0.811. The Morgan fingerprint density at radius 3 is 2.81 bits per heavy atom. The second kappa shape index (κ2) is 3.23. The maximum Gasteiger partial charge on any atom is 0.356 e. The van der Waals surface area contributed by atoms with Crippen LogP contribution >= 0.6 is 0 Å². The molecule has 5 heteroatoms. The number of carboxylic acids is 1. The van der Waals surface area contributed by atoms with E-state index >= 15 is 0 Å². The van der Waals surface area contributed by atoms with Crippen molar-refractivity contribution in [3.05, 3.63) is 11.9 Å². The summed E-state index contributed by atoms with van der Waals surface area (Å²) in [5.41, 5.74) is 0.151. The predicted octanol–water partition coefficient (Wildman–Crippen LogP) is 1.06. The fourth-order valence-corrected chi connectivity index (χ4v) is 2.56. The van der Waals surface area contributed by atoms with Gasteiger partial charge in [0, 0.05) is 26.3 Å². The monoisotopic (exact) mass is 221 g/mol. The Morgan fingerprint density at radius 1 is 1.44 bits per heavy atom. The Balaban J connectivity index is 1.91. The fraction of sp³-hybridized carbons (Fsp3) is 0.636. The lowest BCUT2D eigenvalue weighted by Gasteiger charge is -2.31. The van der Waals surface area contributed by atoms with E-state index in [1.165, 1.54) is 12.8 Å². The van der Waals surface area contributed by atoms with Crippen LogP contribution in [0, 0.1) is 11.8 Å². The second-order valence-corrected chi connectivity index (χ2v) is 4.86. The average molecular weight is 221 g/mol. The van der Waals surface area contributed by atoms with Gasteiger partial charge in [-0.05, 0) is 24.7 Å². The Labute approximate surface area is 93.7 Å². The van der Waals surface area contributed by atoms with Gasteiger partial charge in [-0.25, -0.2) is 9.78 Å². The maximum atomic E-state index is 10.9. The van der Waals surface area contributed by atoms with Gasteiger partial charge in [-0.1, -0.05) is 0 Å². The number of aromatic nitrogens is 2. The van der Waals surface area contributed by atoms with Crippen LogP contribution in [0.1, 0.15) is 23.3 Å². The van der Waals surface area contributed by atoms with Crippen molar-refractivity contribution in [2.45, 2.75) is 19.4 Å². The van der Waals surface area contributed by atoms with Gasteiger partial charge < -0.3 is 14.6 Å². The van der Waals surface area contributed by atoms with Crippen molar-refractivity contribution < 1.29 is 9.90 Å². The molecule has 1 N–H and O–H groups in total. The summed E-state index contributed by atoms with van der Waals surface area (Å²) in [6, 6.07) is 0. The molecule has 3 rings (SSSR count). The van der Waals surface area contributed by atoms with Gasteiger partial charge in [-0.2, -0.15) is 0 Å². The number of carboxylic acid groups (broad SMARTS) is 1. The fourth-order valence-electron chi connectivity index (χ4n) is 2.56. The first-order chi connectivity index (χ1) is 7.65. The minimum Gasteiger partial charge on any atom is -0.476 e. The molecule has 86 valence electrons. The molecule has 0 bridgehead atoms. The van der Waals surface area contributed by atoms with E-state index in [-0.39, 0.29) is 5.69 Å². The van der Waals surface area contributed by atoms with E-state index in [0.717, 1.165) is 25.0 Å². The summed E-state index contributed by atoms with van der Waals surface area (Å²) >= 11 is 0. The van der Waals surface area contributed by atoms with E-state index in [2.05, 4.69) is 9.88 Å². The summed E-state index contributed by atoms with van der Waals surface area (Å²) in [4.78, 5) is 17.1. The minimum atomic E-state index is -0.946. The molecule has 0 spiro atoms. The van der Waals surface area contributed by atoms with E-state index in [0.29, 0.717) is 5.92 Å². The number of rotatable bonds is 2. The van der Waals surface area contributed by atoms with E-state index in [1.54, 1.807) is 6.20 Å². The highest BCUT2D eigenvalue weighted by molar-refractivity contribution is 5.85. The van der Waals surface area contributed by atoms with E-state index in [4.69, 9.17) is 5.11 Å². The highest BCUT2D eigenvalue weighted by Gasteiger charge is 2.36. The number of imidazole rings is 1. The molecule has 1 atom stereocenters. The number of carbonyl (C=O) groups is 1. The highest BCUT2D eigenvalue weighted by Crippen LogP contribution is 2.40. The van der Waals surface area contributed by atoms with Crippen LogP contribution in [0.25, 0.3) is 0 Å². The first-order valence-corrected chi connectivity index (χ1v) is 5.67. The first kappa shape index (κ1) is 9.69. The Kier molecular flexibility index (Phi) is 1.96. The molecule has 1 aromatic heterocycles. The van der Waals surface area contributed by atoms with Crippen molar-refractivity contribution in [3.63, 3.8) is 0 Å². The molecule has 1 saturated carbocycles. The number of anilines is 1. The molecule has 1 unspecified atom stereocenters. The Hall–Kier alpha value is -1.52. The molecule has 2 aliphatic rings. The van der Waals surface area contributed by atoms with Crippen LogP contribution in [0.3, 0.4) is 0 Å². The normalized spacial score (nSPS) is 24.3. The van der Waals surface area contributed by atoms with Crippen molar-refractivity contribution in [2.75, 3.05) is 18.5 Å². The number of hydrogen-bond acceptors (Lipinski definition) is 3. The molecule has 1 fully saturated rings. The van der Waals surface area contributed by atoms with Crippen LogP contribution in [0.5, 0.6) is 0 Å². The van der Waals surface area contributed by atoms with Crippen LogP contribution in [0.4, 0.5) is 5.95 Å². The smallest absolute Gasteiger partial charge is 0.356 e. The van der Waals surface area contributed by atoms with Gasteiger partial charge in [0.2, 0.25) is 5.95 Å². The number of hydrogen-bond donors (Lipinski definition) is 1. The van der Waals surface area contributed by atoms with Crippen LogP contribution < -0.4 is 4.90 Å². The van der Waals surface area contributed by atoms with Gasteiger partial charge in [0.05, 0.1) is 0 Å². The van der Waals surface area contributed by atoms with Gasteiger partial charge >= 0.3 is 5.97 Å². The molecule has 5 nitrogen and oxygen atoms in total. The molecule has 16 heavy (non-hydrogen) atoms. The van der Waals surface area contributed by atoms with Crippen LogP contribution in [-0.4, -0.2) is 34.2 Å². The largest absolute Gasteiger partial charge is 0.476 e. The Bertz CT molecular complexity index is 436. The molecule has 2 heterocycles. The van der Waals surface area contributed by atoms with Crippen molar-refractivity contribution >= 4 is 11.9 Å².